The van der Waals surface area contributed by atoms with E-state index in [4.69, 9.17) is 0 Å². The van der Waals surface area contributed by atoms with Crippen molar-refractivity contribution in [3.05, 3.63) is 55.0 Å². The third kappa shape index (κ3) is 4.04. The van der Waals surface area contributed by atoms with Gasteiger partial charge in [0.05, 0.1) is 11.3 Å². The van der Waals surface area contributed by atoms with Crippen molar-refractivity contribution >= 4 is 55.1 Å². The minimum Gasteiger partial charge on any atom is -0.507 e. The first-order valence-electron chi connectivity index (χ1n) is 9.62. The summed E-state index contributed by atoms with van der Waals surface area (Å²) in [5.41, 5.74) is 5.51. The first kappa shape index (κ1) is 22.1. The molecule has 0 bridgehead atoms. The first-order valence-corrected chi connectivity index (χ1v) is 11.2. The average Bonchev–Trinajstić information content (AvgIpc) is 2.90. The molecule has 3 nitrogen and oxygen atoms in total. The quantitative estimate of drug-likeness (QED) is 0.387. The molecular formula is C24H27Br2NO2. The highest BCUT2D eigenvalue weighted by Gasteiger charge is 2.30. The van der Waals surface area contributed by atoms with E-state index < -0.39 is 0 Å². The van der Waals surface area contributed by atoms with E-state index in [0.717, 1.165) is 36.9 Å². The standard InChI is InChI=1S/C24H27Br2NO2/c1-12-17(25)11-18(26)20-19(12)15(22(29)27-20)9-13-8-14(23(2,3)4)10-16(21(13)28)24(5,6)7/h8-11,28H,1-7H3,(H,27,29). The molecule has 1 aliphatic rings. The highest BCUT2D eigenvalue weighted by Crippen LogP contribution is 2.45. The maximum absolute atomic E-state index is 12.8. The Morgan fingerprint density at radius 2 is 1.59 bits per heavy atom. The van der Waals surface area contributed by atoms with Crippen molar-refractivity contribution in [3.63, 3.8) is 0 Å². The van der Waals surface area contributed by atoms with Crippen molar-refractivity contribution in [1.29, 1.82) is 0 Å². The minimum atomic E-state index is -0.226. The third-order valence-electron chi connectivity index (χ3n) is 5.34. The fourth-order valence-electron chi connectivity index (χ4n) is 3.54. The molecular weight excluding hydrogens is 494 g/mol. The predicted octanol–water partition coefficient (Wildman–Crippen LogP) is 7.31. The van der Waals surface area contributed by atoms with Crippen LogP contribution in [0, 0.1) is 6.92 Å². The van der Waals surface area contributed by atoms with Crippen LogP contribution in [0.3, 0.4) is 0 Å². The Bertz CT molecular complexity index is 1050. The zero-order valence-electron chi connectivity index (χ0n) is 17.9. The second-order valence-corrected chi connectivity index (χ2v) is 11.4. The number of rotatable bonds is 1. The summed E-state index contributed by atoms with van der Waals surface area (Å²) in [6.45, 7) is 14.7. The second-order valence-electron chi connectivity index (χ2n) is 9.69. The Labute approximate surface area is 189 Å². The fraction of sp³-hybridized carbons (Fsp3) is 0.375. The molecule has 1 heterocycles. The van der Waals surface area contributed by atoms with Gasteiger partial charge in [-0.15, -0.1) is 0 Å². The summed E-state index contributed by atoms with van der Waals surface area (Å²) in [4.78, 5) is 12.8. The van der Waals surface area contributed by atoms with Gasteiger partial charge in [0.15, 0.2) is 0 Å². The predicted molar refractivity (Wildman–Crippen MR) is 129 cm³/mol. The number of fused-ring (bicyclic) bond motifs is 1. The molecule has 0 saturated heterocycles. The Hall–Kier alpha value is -1.59. The lowest BCUT2D eigenvalue weighted by atomic mass is 9.78. The lowest BCUT2D eigenvalue weighted by Gasteiger charge is -2.27. The summed E-state index contributed by atoms with van der Waals surface area (Å²) < 4.78 is 1.75. The molecule has 2 N–H and O–H groups in total. The van der Waals surface area contributed by atoms with Crippen LogP contribution in [0.5, 0.6) is 5.75 Å². The van der Waals surface area contributed by atoms with E-state index in [9.17, 15) is 9.90 Å². The molecule has 0 aliphatic carbocycles. The van der Waals surface area contributed by atoms with Gasteiger partial charge in [0.2, 0.25) is 0 Å². The highest BCUT2D eigenvalue weighted by molar-refractivity contribution is 9.11. The number of halogens is 2. The molecule has 1 amide bonds. The summed E-state index contributed by atoms with van der Waals surface area (Å²) in [5, 5.41) is 14.0. The van der Waals surface area contributed by atoms with Crippen LogP contribution >= 0.6 is 31.9 Å². The van der Waals surface area contributed by atoms with Crippen molar-refractivity contribution < 1.29 is 9.90 Å². The maximum Gasteiger partial charge on any atom is 0.256 e. The van der Waals surface area contributed by atoms with Gasteiger partial charge in [0.1, 0.15) is 5.75 Å². The number of nitrogens with one attached hydrogen (secondary N) is 1. The molecule has 3 rings (SSSR count). The molecule has 0 saturated carbocycles. The van der Waals surface area contributed by atoms with Crippen molar-refractivity contribution in [2.45, 2.75) is 59.3 Å². The minimum absolute atomic E-state index is 0.0846. The summed E-state index contributed by atoms with van der Waals surface area (Å²) in [6, 6.07) is 6.01. The molecule has 0 radical (unpaired) electrons. The summed E-state index contributed by atoms with van der Waals surface area (Å²) in [6.07, 6.45) is 1.81. The van der Waals surface area contributed by atoms with Crippen molar-refractivity contribution in [3.8, 4) is 5.75 Å². The molecule has 29 heavy (non-hydrogen) atoms. The van der Waals surface area contributed by atoms with Crippen molar-refractivity contribution in [2.75, 3.05) is 5.32 Å². The number of carbonyl (C=O) groups excluding carboxylic acids is 1. The third-order valence-corrected chi connectivity index (χ3v) is 6.79. The van der Waals surface area contributed by atoms with Crippen LogP contribution in [0.1, 0.15) is 69.4 Å². The first-order chi connectivity index (χ1) is 13.2. The van der Waals surface area contributed by atoms with E-state index in [-0.39, 0.29) is 22.5 Å². The number of hydrogen-bond acceptors (Lipinski definition) is 2. The topological polar surface area (TPSA) is 49.3 Å². The van der Waals surface area contributed by atoms with E-state index >= 15 is 0 Å². The van der Waals surface area contributed by atoms with Crippen LogP contribution in [0.25, 0.3) is 11.6 Å². The van der Waals surface area contributed by atoms with Gasteiger partial charge in [-0.25, -0.2) is 0 Å². The van der Waals surface area contributed by atoms with E-state index in [1.54, 1.807) is 0 Å². The van der Waals surface area contributed by atoms with E-state index in [1.165, 1.54) is 0 Å². The Morgan fingerprint density at radius 3 is 2.14 bits per heavy atom. The van der Waals surface area contributed by atoms with Gasteiger partial charge in [-0.2, -0.15) is 0 Å². The molecule has 2 aromatic carbocycles. The molecule has 154 valence electrons. The van der Waals surface area contributed by atoms with E-state index in [1.807, 2.05) is 25.1 Å². The summed E-state index contributed by atoms with van der Waals surface area (Å²) >= 11 is 7.12. The van der Waals surface area contributed by atoms with Gasteiger partial charge in [0, 0.05) is 25.6 Å². The monoisotopic (exact) mass is 519 g/mol. The summed E-state index contributed by atoms with van der Waals surface area (Å²) in [5.74, 6) is 0.0609. The number of hydrogen-bond donors (Lipinski definition) is 2. The fourth-order valence-corrected chi connectivity index (χ4v) is 4.80. The molecule has 0 unspecified atom stereocenters. The van der Waals surface area contributed by atoms with Crippen LogP contribution in [0.4, 0.5) is 5.69 Å². The number of carbonyl (C=O) groups is 1. The molecule has 0 fully saturated rings. The van der Waals surface area contributed by atoms with Crippen molar-refractivity contribution in [2.24, 2.45) is 0 Å². The maximum atomic E-state index is 12.8. The van der Waals surface area contributed by atoms with E-state index in [0.29, 0.717) is 11.1 Å². The summed E-state index contributed by atoms with van der Waals surface area (Å²) in [7, 11) is 0. The largest absolute Gasteiger partial charge is 0.507 e. The Balaban J connectivity index is 2.32. The molecule has 2 aromatic rings. The Morgan fingerprint density at radius 1 is 0.966 bits per heavy atom. The van der Waals surface area contributed by atoms with Crippen LogP contribution in [-0.2, 0) is 15.6 Å². The van der Waals surface area contributed by atoms with Crippen LogP contribution in [-0.4, -0.2) is 11.0 Å². The van der Waals surface area contributed by atoms with Gasteiger partial charge in [0.25, 0.3) is 5.91 Å². The molecule has 0 spiro atoms. The number of amides is 1. The zero-order chi connectivity index (χ0) is 21.9. The number of phenolic OH excluding ortho intramolecular Hbond substituents is 1. The van der Waals surface area contributed by atoms with Gasteiger partial charge in [-0.3, -0.25) is 4.79 Å². The number of benzene rings is 2. The molecule has 0 atom stereocenters. The Kier molecular flexibility index (Phi) is 5.55. The normalized spacial score (nSPS) is 15.6. The van der Waals surface area contributed by atoms with Gasteiger partial charge >= 0.3 is 0 Å². The molecule has 0 aromatic heterocycles. The smallest absolute Gasteiger partial charge is 0.256 e. The highest BCUT2D eigenvalue weighted by atomic mass is 79.9. The van der Waals surface area contributed by atoms with Crippen LogP contribution < -0.4 is 5.32 Å². The van der Waals surface area contributed by atoms with Gasteiger partial charge < -0.3 is 10.4 Å². The lowest BCUT2D eigenvalue weighted by molar-refractivity contribution is -0.110. The SMILES string of the molecule is Cc1c(Br)cc(Br)c2c1C(=Cc1cc(C(C)(C)C)cc(C(C)(C)C)c1O)C(=O)N2. The lowest BCUT2D eigenvalue weighted by Crippen LogP contribution is -2.17. The second kappa shape index (κ2) is 7.28. The van der Waals surface area contributed by atoms with Crippen LogP contribution in [0.15, 0.2) is 27.1 Å². The zero-order valence-corrected chi connectivity index (χ0v) is 21.1. The van der Waals surface area contributed by atoms with Gasteiger partial charge in [-0.1, -0.05) is 63.5 Å². The van der Waals surface area contributed by atoms with Gasteiger partial charge in [-0.05, 0) is 63.0 Å². The molecule has 1 aliphatic heterocycles. The number of anilines is 1. The number of phenols is 1. The molecule has 5 heteroatoms. The van der Waals surface area contributed by atoms with Crippen LogP contribution in [0.2, 0.25) is 0 Å². The average molecular weight is 521 g/mol. The number of aromatic hydroxyl groups is 1. The van der Waals surface area contributed by atoms with Crippen molar-refractivity contribution in [1.82, 2.24) is 0 Å². The van der Waals surface area contributed by atoms with E-state index in [2.05, 4.69) is 84.8 Å².